The highest BCUT2D eigenvalue weighted by molar-refractivity contribution is 5.68. The van der Waals surface area contributed by atoms with Crippen molar-refractivity contribution in [1.29, 1.82) is 5.26 Å². The van der Waals surface area contributed by atoms with Gasteiger partial charge in [0.1, 0.15) is 11.8 Å². The molecule has 0 amide bonds. The summed E-state index contributed by atoms with van der Waals surface area (Å²) >= 11 is 0. The Bertz CT molecular complexity index is 642. The topological polar surface area (TPSA) is 45.0 Å². The molecule has 0 spiro atoms. The van der Waals surface area contributed by atoms with Gasteiger partial charge in [-0.1, -0.05) is 26.0 Å². The molecule has 2 aromatic rings. The van der Waals surface area contributed by atoms with Crippen LogP contribution in [0.25, 0.3) is 0 Å². The molecule has 0 radical (unpaired) electrons. The van der Waals surface area contributed by atoms with Gasteiger partial charge in [-0.2, -0.15) is 5.26 Å². The lowest BCUT2D eigenvalue weighted by Crippen LogP contribution is -1.96. The van der Waals surface area contributed by atoms with Crippen LogP contribution in [0.4, 0.5) is 11.4 Å². The fourth-order valence-corrected chi connectivity index (χ4v) is 1.98. The van der Waals surface area contributed by atoms with E-state index in [1.165, 1.54) is 5.56 Å². The van der Waals surface area contributed by atoms with Gasteiger partial charge in [0.2, 0.25) is 0 Å². The molecule has 0 heterocycles. The second-order valence-corrected chi connectivity index (χ2v) is 4.93. The van der Waals surface area contributed by atoms with Crippen LogP contribution in [-0.2, 0) is 0 Å². The maximum absolute atomic E-state index is 9.17. The summed E-state index contributed by atoms with van der Waals surface area (Å²) in [7, 11) is 1.62. The summed E-state index contributed by atoms with van der Waals surface area (Å²) in [5.74, 6) is 1.20. The van der Waals surface area contributed by atoms with E-state index in [0.29, 0.717) is 11.5 Å². The summed E-state index contributed by atoms with van der Waals surface area (Å²) in [6.45, 7) is 4.32. The lowest BCUT2D eigenvalue weighted by atomic mass is 10.0. The highest BCUT2D eigenvalue weighted by Crippen LogP contribution is 2.27. The second kappa shape index (κ2) is 6.12. The van der Waals surface area contributed by atoms with Crippen LogP contribution in [0.2, 0.25) is 0 Å². The van der Waals surface area contributed by atoms with Crippen LogP contribution >= 0.6 is 0 Å². The summed E-state index contributed by atoms with van der Waals surface area (Å²) in [5.41, 5.74) is 3.59. The van der Waals surface area contributed by atoms with Gasteiger partial charge in [0.25, 0.3) is 0 Å². The van der Waals surface area contributed by atoms with Gasteiger partial charge in [0, 0.05) is 11.8 Å². The van der Waals surface area contributed by atoms with Crippen molar-refractivity contribution in [2.45, 2.75) is 19.8 Å². The predicted molar refractivity (Wildman–Crippen MR) is 81.5 cm³/mol. The average molecular weight is 266 g/mol. The van der Waals surface area contributed by atoms with Crippen molar-refractivity contribution < 1.29 is 4.74 Å². The zero-order chi connectivity index (χ0) is 14.5. The minimum Gasteiger partial charge on any atom is -0.497 e. The second-order valence-electron chi connectivity index (χ2n) is 4.93. The molecule has 0 aliphatic rings. The Morgan fingerprint density at radius 1 is 1.15 bits per heavy atom. The lowest BCUT2D eigenvalue weighted by molar-refractivity contribution is 0.415. The molecule has 1 N–H and O–H groups in total. The van der Waals surface area contributed by atoms with Gasteiger partial charge in [-0.05, 0) is 35.7 Å². The minimum atomic E-state index is 0.470. The molecule has 0 aliphatic heterocycles. The Kier molecular flexibility index (Phi) is 4.27. The molecule has 20 heavy (non-hydrogen) atoms. The van der Waals surface area contributed by atoms with E-state index in [0.717, 1.165) is 17.1 Å². The Hall–Kier alpha value is -2.47. The van der Waals surface area contributed by atoms with E-state index in [9.17, 15) is 5.26 Å². The third-order valence-electron chi connectivity index (χ3n) is 3.18. The Labute approximate surface area is 119 Å². The van der Waals surface area contributed by atoms with Crippen molar-refractivity contribution in [1.82, 2.24) is 0 Å². The number of hydrogen-bond donors (Lipinski definition) is 1. The molecular formula is C17H18N2O. The lowest BCUT2D eigenvalue weighted by Gasteiger charge is -2.12. The smallest absolute Gasteiger partial charge is 0.121 e. The first kappa shape index (κ1) is 14.0. The first-order chi connectivity index (χ1) is 9.63. The van der Waals surface area contributed by atoms with Crippen LogP contribution in [0, 0.1) is 11.3 Å². The van der Waals surface area contributed by atoms with E-state index in [4.69, 9.17) is 4.74 Å². The van der Waals surface area contributed by atoms with E-state index in [-0.39, 0.29) is 0 Å². The average Bonchev–Trinajstić information content (AvgIpc) is 2.47. The van der Waals surface area contributed by atoms with Crippen molar-refractivity contribution in [2.75, 3.05) is 12.4 Å². The van der Waals surface area contributed by atoms with E-state index in [1.54, 1.807) is 19.2 Å². The molecule has 2 rings (SSSR count). The summed E-state index contributed by atoms with van der Waals surface area (Å²) in [4.78, 5) is 0. The SMILES string of the molecule is COc1ccc(C#N)c(Nc2cccc(C(C)C)c2)c1. The van der Waals surface area contributed by atoms with E-state index in [2.05, 4.69) is 37.4 Å². The van der Waals surface area contributed by atoms with Crippen molar-refractivity contribution in [3.05, 3.63) is 53.6 Å². The first-order valence-corrected chi connectivity index (χ1v) is 6.59. The maximum Gasteiger partial charge on any atom is 0.121 e. The highest BCUT2D eigenvalue weighted by atomic mass is 16.5. The fraction of sp³-hybridized carbons (Fsp3) is 0.235. The van der Waals surface area contributed by atoms with Gasteiger partial charge in [0.05, 0.1) is 18.4 Å². The molecule has 102 valence electrons. The number of benzene rings is 2. The van der Waals surface area contributed by atoms with Crippen LogP contribution in [0.3, 0.4) is 0 Å². The predicted octanol–water partition coefficient (Wildman–Crippen LogP) is 4.43. The standard InChI is InChI=1S/C17H18N2O/c1-12(2)13-5-4-6-15(9-13)19-17-10-16(20-3)8-7-14(17)11-18/h4-10,12,19H,1-3H3. The molecule has 0 saturated heterocycles. The van der Waals surface area contributed by atoms with E-state index in [1.807, 2.05) is 18.2 Å². The van der Waals surface area contributed by atoms with Gasteiger partial charge >= 0.3 is 0 Å². The molecular weight excluding hydrogens is 248 g/mol. The van der Waals surface area contributed by atoms with Gasteiger partial charge in [-0.15, -0.1) is 0 Å². The number of rotatable bonds is 4. The molecule has 0 aromatic heterocycles. The van der Waals surface area contributed by atoms with Gasteiger partial charge in [-0.3, -0.25) is 0 Å². The molecule has 0 aliphatic carbocycles. The molecule has 3 heteroatoms. The third-order valence-corrected chi connectivity index (χ3v) is 3.18. The number of anilines is 2. The summed E-state index contributed by atoms with van der Waals surface area (Å²) in [5, 5.41) is 12.5. The number of hydrogen-bond acceptors (Lipinski definition) is 3. The zero-order valence-corrected chi connectivity index (χ0v) is 12.0. The molecule has 0 bridgehead atoms. The largest absolute Gasteiger partial charge is 0.497 e. The van der Waals surface area contributed by atoms with E-state index >= 15 is 0 Å². The van der Waals surface area contributed by atoms with Crippen LogP contribution < -0.4 is 10.1 Å². The maximum atomic E-state index is 9.17. The van der Waals surface area contributed by atoms with Crippen molar-refractivity contribution in [3.63, 3.8) is 0 Å². The molecule has 3 nitrogen and oxygen atoms in total. The Morgan fingerprint density at radius 3 is 2.60 bits per heavy atom. The zero-order valence-electron chi connectivity index (χ0n) is 12.0. The quantitative estimate of drug-likeness (QED) is 0.890. The van der Waals surface area contributed by atoms with Crippen molar-refractivity contribution in [3.8, 4) is 11.8 Å². The number of nitrogens with zero attached hydrogens (tertiary/aromatic N) is 1. The third kappa shape index (κ3) is 3.10. The molecule has 0 unspecified atom stereocenters. The van der Waals surface area contributed by atoms with Crippen LogP contribution in [0.1, 0.15) is 30.9 Å². The number of methoxy groups -OCH3 is 1. The van der Waals surface area contributed by atoms with Gasteiger partial charge < -0.3 is 10.1 Å². The van der Waals surface area contributed by atoms with Gasteiger partial charge in [0.15, 0.2) is 0 Å². The number of nitrogens with one attached hydrogen (secondary N) is 1. The molecule has 0 atom stereocenters. The fourth-order valence-electron chi connectivity index (χ4n) is 1.98. The van der Waals surface area contributed by atoms with Crippen molar-refractivity contribution >= 4 is 11.4 Å². The summed E-state index contributed by atoms with van der Waals surface area (Å²) in [6.07, 6.45) is 0. The highest BCUT2D eigenvalue weighted by Gasteiger charge is 2.06. The number of ether oxygens (including phenoxy) is 1. The van der Waals surface area contributed by atoms with Gasteiger partial charge in [-0.25, -0.2) is 0 Å². The Balaban J connectivity index is 2.34. The van der Waals surface area contributed by atoms with Crippen molar-refractivity contribution in [2.24, 2.45) is 0 Å². The molecule has 0 fully saturated rings. The van der Waals surface area contributed by atoms with Crippen LogP contribution in [0.5, 0.6) is 5.75 Å². The molecule has 2 aromatic carbocycles. The van der Waals surface area contributed by atoms with Crippen LogP contribution in [0.15, 0.2) is 42.5 Å². The normalized spacial score (nSPS) is 10.2. The first-order valence-electron chi connectivity index (χ1n) is 6.59. The molecule has 0 saturated carbocycles. The number of nitriles is 1. The van der Waals surface area contributed by atoms with E-state index < -0.39 is 0 Å². The minimum absolute atomic E-state index is 0.470. The monoisotopic (exact) mass is 266 g/mol. The Morgan fingerprint density at radius 2 is 1.95 bits per heavy atom. The summed E-state index contributed by atoms with van der Waals surface area (Å²) < 4.78 is 5.20. The summed E-state index contributed by atoms with van der Waals surface area (Å²) in [6, 6.07) is 15.8. The van der Waals surface area contributed by atoms with Crippen LogP contribution in [-0.4, -0.2) is 7.11 Å².